The Morgan fingerprint density at radius 1 is 1.14 bits per heavy atom. The first-order valence-electron chi connectivity index (χ1n) is 7.31. The molecule has 1 heterocycles. The normalized spacial score (nSPS) is 16.0. The quantitative estimate of drug-likeness (QED) is 0.876. The molecule has 0 aromatic heterocycles. The van der Waals surface area contributed by atoms with E-state index < -0.39 is 0 Å². The third kappa shape index (κ3) is 2.77. The second-order valence-corrected chi connectivity index (χ2v) is 6.15. The Labute approximate surface area is 130 Å². The fourth-order valence-corrected chi connectivity index (χ4v) is 2.70. The summed E-state index contributed by atoms with van der Waals surface area (Å²) >= 11 is 0. The van der Waals surface area contributed by atoms with Crippen LogP contribution in [0.2, 0.25) is 0 Å². The number of para-hydroxylation sites is 1. The summed E-state index contributed by atoms with van der Waals surface area (Å²) in [5.41, 5.74) is 3.28. The molecule has 114 valence electrons. The van der Waals surface area contributed by atoms with Crippen LogP contribution in [0.1, 0.15) is 25.8 Å². The van der Waals surface area contributed by atoms with Crippen LogP contribution in [0, 0.1) is 0 Å². The summed E-state index contributed by atoms with van der Waals surface area (Å²) in [7, 11) is 1.65. The van der Waals surface area contributed by atoms with Crippen LogP contribution in [-0.2, 0) is 0 Å². The minimum absolute atomic E-state index is 0.155. The first-order valence-corrected chi connectivity index (χ1v) is 7.31. The maximum atomic E-state index is 10.1. The topological polar surface area (TPSA) is 53.9 Å². The van der Waals surface area contributed by atoms with Crippen molar-refractivity contribution in [2.75, 3.05) is 12.4 Å². The van der Waals surface area contributed by atoms with Gasteiger partial charge in [0.15, 0.2) is 0 Å². The summed E-state index contributed by atoms with van der Waals surface area (Å²) in [6.07, 6.45) is 0.757. The zero-order chi connectivity index (χ0) is 15.7. The molecule has 22 heavy (non-hydrogen) atoms. The second-order valence-electron chi connectivity index (χ2n) is 6.15. The average Bonchev–Trinajstić information content (AvgIpc) is 2.63. The fraction of sp³-hybridized carbons (Fsp3) is 0.278. The predicted molar refractivity (Wildman–Crippen MR) is 89.6 cm³/mol. The second kappa shape index (κ2) is 5.37. The lowest BCUT2D eigenvalue weighted by Gasteiger charge is -2.26. The van der Waals surface area contributed by atoms with Crippen molar-refractivity contribution in [3.63, 3.8) is 0 Å². The van der Waals surface area contributed by atoms with Gasteiger partial charge in [-0.2, -0.15) is 0 Å². The zero-order valence-corrected chi connectivity index (χ0v) is 13.1. The standard InChI is InChI=1S/C18H20N2O2/c1-18(2)11-15(12-7-9-13(22-3)10-8-12)19-17-14(20-18)5-4-6-16(17)21/h4-10,20-21H,11H2,1-3H3. The summed E-state index contributed by atoms with van der Waals surface area (Å²) < 4.78 is 5.21. The molecular formula is C18H20N2O2. The molecule has 4 nitrogen and oxygen atoms in total. The van der Waals surface area contributed by atoms with Crippen LogP contribution in [0.5, 0.6) is 11.5 Å². The van der Waals surface area contributed by atoms with Crippen molar-refractivity contribution in [3.05, 3.63) is 48.0 Å². The molecule has 0 bridgehead atoms. The Bertz CT molecular complexity index is 718. The van der Waals surface area contributed by atoms with E-state index in [9.17, 15) is 5.11 Å². The summed E-state index contributed by atoms with van der Waals surface area (Å²) in [6, 6.07) is 13.3. The van der Waals surface area contributed by atoms with E-state index in [1.165, 1.54) is 0 Å². The van der Waals surface area contributed by atoms with E-state index in [1.807, 2.05) is 36.4 Å². The first kappa shape index (κ1) is 14.4. The lowest BCUT2D eigenvalue weighted by molar-refractivity contribution is 0.415. The predicted octanol–water partition coefficient (Wildman–Crippen LogP) is 4.12. The molecule has 1 aliphatic rings. The molecule has 0 radical (unpaired) electrons. The highest BCUT2D eigenvalue weighted by Crippen LogP contribution is 2.40. The number of benzene rings is 2. The summed E-state index contributed by atoms with van der Waals surface area (Å²) in [4.78, 5) is 4.72. The molecular weight excluding hydrogens is 276 g/mol. The number of hydrogen-bond acceptors (Lipinski definition) is 4. The van der Waals surface area contributed by atoms with Gasteiger partial charge in [-0.3, -0.25) is 0 Å². The van der Waals surface area contributed by atoms with Gasteiger partial charge in [0, 0.05) is 12.0 Å². The monoisotopic (exact) mass is 296 g/mol. The Hall–Kier alpha value is -2.49. The third-order valence-corrected chi connectivity index (χ3v) is 3.77. The number of methoxy groups -OCH3 is 1. The SMILES string of the molecule is COc1ccc(C2=Nc3c(O)cccc3NC(C)(C)C2)cc1. The maximum Gasteiger partial charge on any atom is 0.143 e. The molecule has 0 atom stereocenters. The van der Waals surface area contributed by atoms with Gasteiger partial charge in [0.05, 0.1) is 18.5 Å². The van der Waals surface area contributed by atoms with Crippen LogP contribution >= 0.6 is 0 Å². The number of aliphatic imine (C=N–C) groups is 1. The maximum absolute atomic E-state index is 10.1. The van der Waals surface area contributed by atoms with Crippen molar-refractivity contribution in [2.24, 2.45) is 4.99 Å². The molecule has 0 saturated heterocycles. The Morgan fingerprint density at radius 2 is 1.86 bits per heavy atom. The van der Waals surface area contributed by atoms with Crippen molar-refractivity contribution in [2.45, 2.75) is 25.8 Å². The van der Waals surface area contributed by atoms with Gasteiger partial charge in [-0.1, -0.05) is 6.07 Å². The van der Waals surface area contributed by atoms with Gasteiger partial charge in [-0.15, -0.1) is 0 Å². The molecule has 0 fully saturated rings. The van der Waals surface area contributed by atoms with Gasteiger partial charge < -0.3 is 15.2 Å². The molecule has 0 aliphatic carbocycles. The highest BCUT2D eigenvalue weighted by molar-refractivity contribution is 6.05. The van der Waals surface area contributed by atoms with E-state index in [-0.39, 0.29) is 11.3 Å². The van der Waals surface area contributed by atoms with E-state index in [2.05, 4.69) is 19.2 Å². The van der Waals surface area contributed by atoms with E-state index in [4.69, 9.17) is 9.73 Å². The number of anilines is 1. The van der Waals surface area contributed by atoms with Gasteiger partial charge in [0.25, 0.3) is 0 Å². The van der Waals surface area contributed by atoms with Gasteiger partial charge in [-0.05, 0) is 55.8 Å². The van der Waals surface area contributed by atoms with E-state index in [0.29, 0.717) is 5.69 Å². The number of hydrogen-bond donors (Lipinski definition) is 2. The minimum atomic E-state index is -0.155. The number of aromatic hydroxyl groups is 1. The number of phenolic OH excluding ortho intramolecular Hbond substituents is 1. The van der Waals surface area contributed by atoms with Crippen molar-refractivity contribution < 1.29 is 9.84 Å². The Morgan fingerprint density at radius 3 is 2.55 bits per heavy atom. The van der Waals surface area contributed by atoms with E-state index in [0.717, 1.165) is 29.1 Å². The molecule has 2 aromatic carbocycles. The van der Waals surface area contributed by atoms with Gasteiger partial charge in [0.2, 0.25) is 0 Å². The summed E-state index contributed by atoms with van der Waals surface area (Å²) in [5, 5.41) is 13.6. The van der Waals surface area contributed by atoms with Crippen molar-refractivity contribution in [1.82, 2.24) is 0 Å². The lowest BCUT2D eigenvalue weighted by atomic mass is 9.93. The number of nitrogens with one attached hydrogen (secondary N) is 1. The zero-order valence-electron chi connectivity index (χ0n) is 13.1. The van der Waals surface area contributed by atoms with Crippen LogP contribution in [-0.4, -0.2) is 23.5 Å². The number of nitrogens with zero attached hydrogens (tertiary/aromatic N) is 1. The smallest absolute Gasteiger partial charge is 0.143 e. The largest absolute Gasteiger partial charge is 0.506 e. The Balaban J connectivity index is 2.10. The highest BCUT2D eigenvalue weighted by atomic mass is 16.5. The van der Waals surface area contributed by atoms with Crippen molar-refractivity contribution in [1.29, 1.82) is 0 Å². The van der Waals surface area contributed by atoms with Crippen LogP contribution in [0.4, 0.5) is 11.4 Å². The van der Waals surface area contributed by atoms with Gasteiger partial charge in [-0.25, -0.2) is 4.99 Å². The molecule has 2 N–H and O–H groups in total. The Kier molecular flexibility index (Phi) is 3.53. The number of phenols is 1. The van der Waals surface area contributed by atoms with Crippen LogP contribution in [0.25, 0.3) is 0 Å². The van der Waals surface area contributed by atoms with Crippen molar-refractivity contribution >= 4 is 17.1 Å². The van der Waals surface area contributed by atoms with Crippen LogP contribution in [0.3, 0.4) is 0 Å². The number of ether oxygens (including phenoxy) is 1. The average molecular weight is 296 g/mol. The van der Waals surface area contributed by atoms with Crippen LogP contribution < -0.4 is 10.1 Å². The highest BCUT2D eigenvalue weighted by Gasteiger charge is 2.26. The summed E-state index contributed by atoms with van der Waals surface area (Å²) in [6.45, 7) is 4.26. The van der Waals surface area contributed by atoms with Gasteiger partial charge >= 0.3 is 0 Å². The number of rotatable bonds is 2. The van der Waals surface area contributed by atoms with Gasteiger partial charge in [0.1, 0.15) is 17.2 Å². The van der Waals surface area contributed by atoms with Crippen molar-refractivity contribution in [3.8, 4) is 11.5 Å². The van der Waals surface area contributed by atoms with E-state index in [1.54, 1.807) is 13.2 Å². The van der Waals surface area contributed by atoms with E-state index >= 15 is 0 Å². The van der Waals surface area contributed by atoms with Crippen LogP contribution in [0.15, 0.2) is 47.5 Å². The third-order valence-electron chi connectivity index (χ3n) is 3.77. The molecule has 3 rings (SSSR count). The molecule has 0 spiro atoms. The number of fused-ring (bicyclic) bond motifs is 1. The first-order chi connectivity index (χ1) is 10.5. The molecule has 1 aliphatic heterocycles. The molecule has 0 unspecified atom stereocenters. The molecule has 2 aromatic rings. The summed E-state index contributed by atoms with van der Waals surface area (Å²) in [5.74, 6) is 1.01. The molecule has 4 heteroatoms. The minimum Gasteiger partial charge on any atom is -0.506 e. The fourth-order valence-electron chi connectivity index (χ4n) is 2.70. The molecule has 0 amide bonds. The molecule has 0 saturated carbocycles. The lowest BCUT2D eigenvalue weighted by Crippen LogP contribution is -2.32.